The molecule has 1 amide bonds. The van der Waals surface area contributed by atoms with Crippen molar-refractivity contribution in [3.8, 4) is 5.75 Å². The van der Waals surface area contributed by atoms with Crippen LogP contribution in [0.3, 0.4) is 0 Å². The Morgan fingerprint density at radius 1 is 1.18 bits per heavy atom. The Morgan fingerprint density at radius 2 is 1.88 bits per heavy atom. The third-order valence-corrected chi connectivity index (χ3v) is 5.30. The van der Waals surface area contributed by atoms with Crippen LogP contribution in [0, 0.1) is 10.1 Å². The van der Waals surface area contributed by atoms with Crippen molar-refractivity contribution in [2.75, 3.05) is 20.3 Å². The van der Waals surface area contributed by atoms with E-state index in [1.54, 1.807) is 24.3 Å². The van der Waals surface area contributed by atoms with Gasteiger partial charge >= 0.3 is 0 Å². The second-order valence-electron chi connectivity index (χ2n) is 7.85. The van der Waals surface area contributed by atoms with E-state index in [4.69, 9.17) is 9.47 Å². The molecule has 3 rings (SSSR count). The van der Waals surface area contributed by atoms with Crippen LogP contribution in [-0.2, 0) is 14.3 Å². The van der Waals surface area contributed by atoms with Crippen molar-refractivity contribution in [3.05, 3.63) is 75.3 Å². The number of nitro benzene ring substituents is 1. The maximum atomic E-state index is 13.0. The van der Waals surface area contributed by atoms with Gasteiger partial charge in [-0.15, -0.1) is 0 Å². The summed E-state index contributed by atoms with van der Waals surface area (Å²) in [5, 5.41) is 22.2. The molecule has 2 aromatic rings. The van der Waals surface area contributed by atoms with Crippen LogP contribution in [-0.4, -0.2) is 53.0 Å². The highest BCUT2D eigenvalue weighted by atomic mass is 16.6. The topological polar surface area (TPSA) is 119 Å². The first-order valence-electron chi connectivity index (χ1n) is 10.5. The summed E-state index contributed by atoms with van der Waals surface area (Å²) in [6, 6.07) is 11.3. The summed E-state index contributed by atoms with van der Waals surface area (Å²) < 4.78 is 10.7. The highest BCUT2D eigenvalue weighted by Gasteiger charge is 2.45. The van der Waals surface area contributed by atoms with Crippen molar-refractivity contribution in [3.63, 3.8) is 0 Å². The number of nitro groups is 1. The number of benzene rings is 2. The summed E-state index contributed by atoms with van der Waals surface area (Å²) in [5.74, 6) is -1.45. The average Bonchev–Trinajstić information content (AvgIpc) is 3.06. The first-order chi connectivity index (χ1) is 15.7. The predicted octanol–water partition coefficient (Wildman–Crippen LogP) is 3.84. The Kier molecular flexibility index (Phi) is 7.44. The lowest BCUT2D eigenvalue weighted by Crippen LogP contribution is -2.31. The molecule has 0 radical (unpaired) electrons. The molecule has 1 fully saturated rings. The summed E-state index contributed by atoms with van der Waals surface area (Å²) in [6.07, 6.45) is 0.529. The van der Waals surface area contributed by atoms with Gasteiger partial charge in [0.1, 0.15) is 11.5 Å². The number of methoxy groups -OCH3 is 1. The van der Waals surface area contributed by atoms with Gasteiger partial charge in [-0.05, 0) is 38.0 Å². The van der Waals surface area contributed by atoms with E-state index in [2.05, 4.69) is 0 Å². The molecule has 1 N–H and O–H groups in total. The average molecular weight is 454 g/mol. The fraction of sp³-hybridized carbons (Fsp3) is 0.333. The van der Waals surface area contributed by atoms with E-state index in [1.807, 2.05) is 13.8 Å². The van der Waals surface area contributed by atoms with Crippen LogP contribution < -0.4 is 4.74 Å². The van der Waals surface area contributed by atoms with E-state index in [0.717, 1.165) is 0 Å². The largest absolute Gasteiger partial charge is 0.507 e. The number of aliphatic hydroxyl groups is 1. The zero-order chi connectivity index (χ0) is 24.1. The molecule has 2 aromatic carbocycles. The van der Waals surface area contributed by atoms with Crippen LogP contribution in [0.2, 0.25) is 0 Å². The number of hydrogen-bond donors (Lipinski definition) is 1. The van der Waals surface area contributed by atoms with Gasteiger partial charge in [0.15, 0.2) is 0 Å². The van der Waals surface area contributed by atoms with Crippen LogP contribution in [0.4, 0.5) is 5.69 Å². The fourth-order valence-corrected chi connectivity index (χ4v) is 3.72. The van der Waals surface area contributed by atoms with Gasteiger partial charge in [-0.1, -0.05) is 24.3 Å². The standard InChI is InChI=1S/C24H26N2O7/c1-15(2)33-13-5-12-25-21(16-8-10-19(32-3)11-9-16)20(23(28)24(25)29)22(27)17-6-4-7-18(14-17)26(30)31/h4,6-11,14-15,21,27H,5,12-13H2,1-3H3/t21-/m1/s1. The molecule has 33 heavy (non-hydrogen) atoms. The van der Waals surface area contributed by atoms with Crippen LogP contribution in [0.25, 0.3) is 5.76 Å². The summed E-state index contributed by atoms with van der Waals surface area (Å²) in [7, 11) is 1.53. The molecule has 0 saturated carbocycles. The Bertz CT molecular complexity index is 1080. The maximum Gasteiger partial charge on any atom is 0.295 e. The van der Waals surface area contributed by atoms with E-state index in [-0.39, 0.29) is 29.5 Å². The molecule has 174 valence electrons. The molecule has 0 bridgehead atoms. The molecule has 0 unspecified atom stereocenters. The van der Waals surface area contributed by atoms with Crippen LogP contribution in [0.5, 0.6) is 5.75 Å². The predicted molar refractivity (Wildman–Crippen MR) is 121 cm³/mol. The normalized spacial score (nSPS) is 17.6. The lowest BCUT2D eigenvalue weighted by Gasteiger charge is -2.25. The fourth-order valence-electron chi connectivity index (χ4n) is 3.72. The number of non-ortho nitro benzene ring substituents is 1. The molecular weight excluding hydrogens is 428 g/mol. The number of hydrogen-bond acceptors (Lipinski definition) is 7. The third-order valence-electron chi connectivity index (χ3n) is 5.30. The summed E-state index contributed by atoms with van der Waals surface area (Å²) in [6.45, 7) is 4.45. The highest BCUT2D eigenvalue weighted by Crippen LogP contribution is 2.40. The van der Waals surface area contributed by atoms with Crippen molar-refractivity contribution in [2.45, 2.75) is 32.4 Å². The van der Waals surface area contributed by atoms with E-state index >= 15 is 0 Å². The lowest BCUT2D eigenvalue weighted by molar-refractivity contribution is -0.384. The summed E-state index contributed by atoms with van der Waals surface area (Å²) in [4.78, 5) is 37.9. The Morgan fingerprint density at radius 3 is 2.48 bits per heavy atom. The van der Waals surface area contributed by atoms with E-state index < -0.39 is 28.4 Å². The van der Waals surface area contributed by atoms with Crippen molar-refractivity contribution < 1.29 is 29.1 Å². The van der Waals surface area contributed by atoms with Crippen molar-refractivity contribution in [2.24, 2.45) is 0 Å². The molecule has 1 saturated heterocycles. The molecule has 1 atom stereocenters. The van der Waals surface area contributed by atoms with E-state index in [0.29, 0.717) is 24.3 Å². The number of rotatable bonds is 9. The Labute approximate surface area is 191 Å². The van der Waals surface area contributed by atoms with Gasteiger partial charge in [0.05, 0.1) is 29.8 Å². The van der Waals surface area contributed by atoms with Gasteiger partial charge in [0, 0.05) is 30.8 Å². The van der Waals surface area contributed by atoms with Gasteiger partial charge < -0.3 is 19.5 Å². The quantitative estimate of drug-likeness (QED) is 0.153. The van der Waals surface area contributed by atoms with Gasteiger partial charge in [-0.25, -0.2) is 0 Å². The lowest BCUT2D eigenvalue weighted by atomic mass is 9.95. The molecular formula is C24H26N2O7. The first kappa shape index (κ1) is 23.9. The smallest absolute Gasteiger partial charge is 0.295 e. The maximum absolute atomic E-state index is 13.0. The molecule has 0 aliphatic carbocycles. The van der Waals surface area contributed by atoms with Crippen LogP contribution >= 0.6 is 0 Å². The number of carbonyl (C=O) groups is 2. The van der Waals surface area contributed by atoms with E-state index in [1.165, 1.54) is 36.3 Å². The van der Waals surface area contributed by atoms with Crippen molar-refractivity contribution >= 4 is 23.1 Å². The number of carbonyl (C=O) groups excluding carboxylic acids is 2. The minimum Gasteiger partial charge on any atom is -0.507 e. The minimum atomic E-state index is -0.853. The SMILES string of the molecule is COc1ccc([C@@H]2C(=C(O)c3cccc([N+](=O)[O-])c3)C(=O)C(=O)N2CCCOC(C)C)cc1. The number of nitrogens with zero attached hydrogens (tertiary/aromatic N) is 2. The summed E-state index contributed by atoms with van der Waals surface area (Å²) >= 11 is 0. The number of aliphatic hydroxyl groups excluding tert-OH is 1. The highest BCUT2D eigenvalue weighted by molar-refractivity contribution is 6.46. The Balaban J connectivity index is 2.06. The molecule has 0 spiro atoms. The molecule has 0 aromatic heterocycles. The Hall–Kier alpha value is -3.72. The van der Waals surface area contributed by atoms with Gasteiger partial charge in [-0.3, -0.25) is 19.7 Å². The number of Topliss-reactive ketones (excluding diaryl/α,β-unsaturated/α-hetero) is 1. The summed E-state index contributed by atoms with van der Waals surface area (Å²) in [5.41, 5.74) is 0.339. The molecule has 9 nitrogen and oxygen atoms in total. The zero-order valence-electron chi connectivity index (χ0n) is 18.7. The third kappa shape index (κ3) is 5.20. The molecule has 1 heterocycles. The van der Waals surface area contributed by atoms with Crippen molar-refractivity contribution in [1.82, 2.24) is 4.90 Å². The monoisotopic (exact) mass is 454 g/mol. The van der Waals surface area contributed by atoms with Crippen LogP contribution in [0.15, 0.2) is 54.1 Å². The second-order valence-corrected chi connectivity index (χ2v) is 7.85. The van der Waals surface area contributed by atoms with Gasteiger partial charge in [0.2, 0.25) is 0 Å². The molecule has 1 aliphatic heterocycles. The first-order valence-corrected chi connectivity index (χ1v) is 10.5. The minimum absolute atomic E-state index is 0.0340. The second kappa shape index (κ2) is 10.3. The number of ketones is 1. The molecule has 1 aliphatic rings. The van der Waals surface area contributed by atoms with Crippen LogP contribution in [0.1, 0.15) is 37.4 Å². The van der Waals surface area contributed by atoms with Gasteiger partial charge in [0.25, 0.3) is 17.4 Å². The molecule has 9 heteroatoms. The van der Waals surface area contributed by atoms with Crippen molar-refractivity contribution in [1.29, 1.82) is 0 Å². The number of ether oxygens (including phenoxy) is 2. The zero-order valence-corrected chi connectivity index (χ0v) is 18.7. The van der Waals surface area contributed by atoms with E-state index in [9.17, 15) is 24.8 Å². The van der Waals surface area contributed by atoms with Gasteiger partial charge in [-0.2, -0.15) is 0 Å². The number of amides is 1. The number of likely N-dealkylation sites (tertiary alicyclic amines) is 1.